The van der Waals surface area contributed by atoms with E-state index in [0.717, 1.165) is 59.6 Å². The zero-order chi connectivity index (χ0) is 29.4. The van der Waals surface area contributed by atoms with Gasteiger partial charge in [-0.2, -0.15) is 0 Å². The maximum absolute atomic E-state index is 14.2. The molecule has 2 aromatic carbocycles. The van der Waals surface area contributed by atoms with Crippen molar-refractivity contribution in [1.29, 1.82) is 0 Å². The summed E-state index contributed by atoms with van der Waals surface area (Å²) in [5.41, 5.74) is 6.66. The molecule has 42 heavy (non-hydrogen) atoms. The van der Waals surface area contributed by atoms with Crippen LogP contribution in [0.4, 0.5) is 0 Å². The largest absolute Gasteiger partial charge is 0.463 e. The summed E-state index contributed by atoms with van der Waals surface area (Å²) in [5.74, 6) is -0.474. The Hall–Kier alpha value is -4.01. The van der Waals surface area contributed by atoms with Gasteiger partial charge < -0.3 is 14.0 Å². The molecule has 2 atom stereocenters. The lowest BCUT2D eigenvalue weighted by Crippen LogP contribution is -2.40. The van der Waals surface area contributed by atoms with E-state index in [2.05, 4.69) is 24.5 Å². The molecular formula is C34H35N3O4S. The van der Waals surface area contributed by atoms with E-state index in [4.69, 9.17) is 14.5 Å². The van der Waals surface area contributed by atoms with Crippen LogP contribution in [0.25, 0.3) is 11.8 Å². The van der Waals surface area contributed by atoms with Crippen molar-refractivity contribution in [3.05, 3.63) is 120 Å². The molecule has 4 heterocycles. The molecular weight excluding hydrogens is 546 g/mol. The Morgan fingerprint density at radius 1 is 1.12 bits per heavy atom. The molecule has 7 nitrogen and oxygen atoms in total. The fourth-order valence-corrected chi connectivity index (χ4v) is 6.88. The third kappa shape index (κ3) is 5.21. The Balaban J connectivity index is 1.55. The Bertz CT molecular complexity index is 1840. The summed E-state index contributed by atoms with van der Waals surface area (Å²) < 4.78 is 16.0. The number of fused-ring (bicyclic) bond motifs is 1. The molecule has 0 unspecified atom stereocenters. The second kappa shape index (κ2) is 11.7. The first kappa shape index (κ1) is 28.1. The Labute approximate surface area is 249 Å². The number of carbonyl (C=O) groups is 1. The average Bonchev–Trinajstić information content (AvgIpc) is 3.69. The smallest absolute Gasteiger partial charge is 0.338 e. The molecule has 1 saturated heterocycles. The lowest BCUT2D eigenvalue weighted by molar-refractivity contribution is -0.138. The minimum atomic E-state index is -0.676. The van der Waals surface area contributed by atoms with E-state index in [-0.39, 0.29) is 18.3 Å². The number of carbonyl (C=O) groups excluding carboxylic acids is 1. The molecule has 2 aliphatic heterocycles. The van der Waals surface area contributed by atoms with Gasteiger partial charge in [0.05, 0.1) is 34.6 Å². The van der Waals surface area contributed by atoms with E-state index in [1.807, 2.05) is 67.6 Å². The molecule has 6 rings (SSSR count). The lowest BCUT2D eigenvalue weighted by atomic mass is 9.92. The number of nitrogens with zero attached hydrogens (tertiary/aromatic N) is 3. The van der Waals surface area contributed by atoms with Crippen LogP contribution >= 0.6 is 11.3 Å². The third-order valence-electron chi connectivity index (χ3n) is 8.08. The maximum atomic E-state index is 14.2. The molecule has 8 heteroatoms. The van der Waals surface area contributed by atoms with Crippen LogP contribution in [0, 0.1) is 20.8 Å². The monoisotopic (exact) mass is 581 g/mol. The summed E-state index contributed by atoms with van der Waals surface area (Å²) in [5, 5.41) is 0. The van der Waals surface area contributed by atoms with E-state index < -0.39 is 12.0 Å². The molecule has 0 N–H and O–H groups in total. The van der Waals surface area contributed by atoms with Gasteiger partial charge in [0, 0.05) is 30.1 Å². The van der Waals surface area contributed by atoms with Crippen LogP contribution in [-0.4, -0.2) is 34.4 Å². The van der Waals surface area contributed by atoms with Crippen molar-refractivity contribution < 1.29 is 14.3 Å². The molecule has 0 spiro atoms. The lowest BCUT2D eigenvalue weighted by Gasteiger charge is -2.26. The SMILES string of the molecule is CCOC(=O)C1=C(c2ccccc2)N=c2s/c(=C\c3cc(C)n(C[C@@H]4CCCO4)c3C)c(=O)n2[C@H]1c1ccc(C)cc1. The van der Waals surface area contributed by atoms with E-state index in [1.54, 1.807) is 11.5 Å². The molecule has 0 bridgehead atoms. The van der Waals surface area contributed by atoms with Crippen molar-refractivity contribution >= 4 is 29.1 Å². The van der Waals surface area contributed by atoms with Crippen molar-refractivity contribution in [2.24, 2.45) is 4.99 Å². The van der Waals surface area contributed by atoms with Crippen LogP contribution < -0.4 is 14.9 Å². The molecule has 2 aliphatic rings. The molecule has 2 aromatic heterocycles. The second-order valence-electron chi connectivity index (χ2n) is 10.9. The number of hydrogen-bond acceptors (Lipinski definition) is 6. The maximum Gasteiger partial charge on any atom is 0.338 e. The van der Waals surface area contributed by atoms with E-state index in [1.165, 1.54) is 11.3 Å². The van der Waals surface area contributed by atoms with Gasteiger partial charge in [-0.05, 0) is 63.8 Å². The number of thiazole rings is 1. The van der Waals surface area contributed by atoms with Crippen LogP contribution in [0.2, 0.25) is 0 Å². The van der Waals surface area contributed by atoms with Gasteiger partial charge in [-0.1, -0.05) is 71.5 Å². The number of ether oxygens (including phenoxy) is 2. The molecule has 0 saturated carbocycles. The van der Waals surface area contributed by atoms with Crippen LogP contribution in [-0.2, 0) is 20.8 Å². The van der Waals surface area contributed by atoms with Gasteiger partial charge in [-0.25, -0.2) is 9.79 Å². The van der Waals surface area contributed by atoms with Crippen LogP contribution in [0.3, 0.4) is 0 Å². The van der Waals surface area contributed by atoms with Crippen LogP contribution in [0.5, 0.6) is 0 Å². The van der Waals surface area contributed by atoms with E-state index in [0.29, 0.717) is 20.6 Å². The first-order valence-electron chi connectivity index (χ1n) is 14.5. The first-order chi connectivity index (χ1) is 20.4. The summed E-state index contributed by atoms with van der Waals surface area (Å²) in [4.78, 5) is 33.3. The summed E-state index contributed by atoms with van der Waals surface area (Å²) in [6, 6.07) is 19.0. The third-order valence-corrected chi connectivity index (χ3v) is 9.06. The minimum absolute atomic E-state index is 0.179. The predicted molar refractivity (Wildman–Crippen MR) is 165 cm³/mol. The summed E-state index contributed by atoms with van der Waals surface area (Å²) in [6.45, 7) is 9.83. The number of aromatic nitrogens is 2. The molecule has 0 radical (unpaired) electrons. The highest BCUT2D eigenvalue weighted by Crippen LogP contribution is 2.35. The van der Waals surface area contributed by atoms with Gasteiger partial charge in [-0.3, -0.25) is 9.36 Å². The van der Waals surface area contributed by atoms with Crippen molar-refractivity contribution in [2.45, 2.75) is 59.2 Å². The van der Waals surface area contributed by atoms with Crippen molar-refractivity contribution in [1.82, 2.24) is 9.13 Å². The first-order valence-corrected chi connectivity index (χ1v) is 15.3. The van der Waals surface area contributed by atoms with E-state index >= 15 is 0 Å². The number of aryl methyl sites for hydroxylation is 2. The Morgan fingerprint density at radius 3 is 2.57 bits per heavy atom. The van der Waals surface area contributed by atoms with Crippen molar-refractivity contribution in [3.8, 4) is 0 Å². The molecule has 0 amide bonds. The minimum Gasteiger partial charge on any atom is -0.463 e. The van der Waals surface area contributed by atoms with Crippen molar-refractivity contribution in [2.75, 3.05) is 13.2 Å². The Morgan fingerprint density at radius 2 is 1.88 bits per heavy atom. The molecule has 4 aromatic rings. The van der Waals surface area contributed by atoms with Gasteiger partial charge in [-0.15, -0.1) is 0 Å². The highest BCUT2D eigenvalue weighted by atomic mass is 32.1. The number of benzene rings is 2. The van der Waals surface area contributed by atoms with Gasteiger partial charge >= 0.3 is 5.97 Å². The van der Waals surface area contributed by atoms with Crippen molar-refractivity contribution in [3.63, 3.8) is 0 Å². The molecule has 1 fully saturated rings. The number of hydrogen-bond donors (Lipinski definition) is 0. The summed E-state index contributed by atoms with van der Waals surface area (Å²) >= 11 is 1.35. The average molecular weight is 582 g/mol. The molecule has 0 aliphatic carbocycles. The fourth-order valence-electron chi connectivity index (χ4n) is 5.89. The standard InChI is InChI=1S/C34H35N3O4S/c1-5-40-33(39)29-30(24-10-7-6-8-11-24)35-34-37(31(29)25-15-13-21(2)14-16-25)32(38)28(42-34)19-26-18-22(3)36(23(26)4)20-27-12-9-17-41-27/h6-8,10-11,13-16,18-19,27,31H,5,9,12,17,20H2,1-4H3/b28-19-/t27-,31-/m0/s1. The number of esters is 1. The normalized spacial score (nSPS) is 18.7. The number of rotatable bonds is 7. The topological polar surface area (TPSA) is 74.8 Å². The second-order valence-corrected chi connectivity index (χ2v) is 11.9. The summed E-state index contributed by atoms with van der Waals surface area (Å²) in [7, 11) is 0. The zero-order valence-electron chi connectivity index (χ0n) is 24.4. The highest BCUT2D eigenvalue weighted by molar-refractivity contribution is 7.07. The van der Waals surface area contributed by atoms with Gasteiger partial charge in [0.25, 0.3) is 5.56 Å². The molecule has 216 valence electrons. The fraction of sp³-hybridized carbons (Fsp3) is 0.324. The van der Waals surface area contributed by atoms with Gasteiger partial charge in [0.15, 0.2) is 4.80 Å². The van der Waals surface area contributed by atoms with Crippen LogP contribution in [0.1, 0.15) is 59.4 Å². The van der Waals surface area contributed by atoms with Gasteiger partial charge in [0.1, 0.15) is 0 Å². The zero-order valence-corrected chi connectivity index (χ0v) is 25.2. The quantitative estimate of drug-likeness (QED) is 0.293. The Kier molecular flexibility index (Phi) is 7.84. The van der Waals surface area contributed by atoms with Gasteiger partial charge in [0.2, 0.25) is 0 Å². The predicted octanol–water partition coefficient (Wildman–Crippen LogP) is 4.84. The summed E-state index contributed by atoms with van der Waals surface area (Å²) in [6.07, 6.45) is 4.34. The highest BCUT2D eigenvalue weighted by Gasteiger charge is 2.35. The van der Waals surface area contributed by atoms with Crippen LogP contribution in [0.15, 0.2) is 76.0 Å². The van der Waals surface area contributed by atoms with E-state index in [9.17, 15) is 9.59 Å².